The van der Waals surface area contributed by atoms with Gasteiger partial charge in [-0.1, -0.05) is 181 Å². The molecule has 15 aromatic carbocycles. The lowest BCUT2D eigenvalue weighted by atomic mass is 9.92. The molecule has 0 fully saturated rings. The smallest absolute Gasteiger partial charge is 0.310 e. The predicted molar refractivity (Wildman–Crippen MR) is 419 cm³/mol. The van der Waals surface area contributed by atoms with Crippen LogP contribution in [0.4, 0.5) is 18.9 Å². The Hall–Kier alpha value is -13.6. The van der Waals surface area contributed by atoms with Crippen molar-refractivity contribution in [1.29, 1.82) is 0 Å². The Bertz CT molecular complexity index is 6720. The molecule has 6 heterocycles. The minimum Gasteiger partial charge on any atom is -0.310 e. The number of aryl methyl sites for hydroxylation is 1. The average molecular weight is 1330 g/mol. The van der Waals surface area contributed by atoms with Crippen molar-refractivity contribution in [3.05, 3.63) is 344 Å². The van der Waals surface area contributed by atoms with E-state index in [1.165, 1.54) is 6.07 Å². The van der Waals surface area contributed by atoms with Crippen molar-refractivity contribution in [3.63, 3.8) is 0 Å². The fourth-order valence-electron chi connectivity index (χ4n) is 17.2. The zero-order valence-corrected chi connectivity index (χ0v) is 55.4. The molecule has 0 saturated heterocycles. The van der Waals surface area contributed by atoms with E-state index in [1.54, 1.807) is 19.1 Å². The Kier molecular flexibility index (Phi) is 12.4. The highest BCUT2D eigenvalue weighted by Crippen LogP contribution is 2.50. The number of rotatable bonds is 8. The Morgan fingerprint density at radius 2 is 0.573 bits per heavy atom. The summed E-state index contributed by atoms with van der Waals surface area (Å²) in [6.07, 6.45) is -4.69. The number of benzene rings is 15. The second-order valence-electron chi connectivity index (χ2n) is 27.0. The Labute approximate surface area is 587 Å². The summed E-state index contributed by atoms with van der Waals surface area (Å²) in [4.78, 5) is 4.42. The maximum absolute atomic E-state index is 15.8. The lowest BCUT2D eigenvalue weighted by Crippen LogP contribution is -2.08. The van der Waals surface area contributed by atoms with Crippen molar-refractivity contribution in [1.82, 2.24) is 27.4 Å². The summed E-state index contributed by atoms with van der Waals surface area (Å²) in [5, 5.41) is 13.0. The summed E-state index contributed by atoms with van der Waals surface area (Å²) in [7, 11) is 0. The van der Waals surface area contributed by atoms with Crippen LogP contribution in [-0.2, 0) is 6.18 Å². The molecule has 6 aromatic heterocycles. The molecule has 0 amide bonds. The van der Waals surface area contributed by atoms with Gasteiger partial charge in [0.1, 0.15) is 0 Å². The molecule has 21 aromatic rings. The van der Waals surface area contributed by atoms with Crippen LogP contribution in [0, 0.1) is 13.5 Å². The summed E-state index contributed by atoms with van der Waals surface area (Å²) in [5.41, 5.74) is 19.0. The van der Waals surface area contributed by atoms with Crippen molar-refractivity contribution in [2.75, 3.05) is 0 Å². The summed E-state index contributed by atoms with van der Waals surface area (Å²) in [5.74, 6) is 0. The second kappa shape index (κ2) is 21.9. The third-order valence-corrected chi connectivity index (χ3v) is 21.5. The van der Waals surface area contributed by atoms with Crippen LogP contribution in [0.5, 0.6) is 0 Å². The van der Waals surface area contributed by atoms with Crippen LogP contribution in [0.15, 0.2) is 322 Å². The van der Waals surface area contributed by atoms with E-state index in [4.69, 9.17) is 0 Å². The van der Waals surface area contributed by atoms with Crippen LogP contribution in [0.1, 0.15) is 11.1 Å². The first-order chi connectivity index (χ1) is 50.6. The predicted octanol–water partition coefficient (Wildman–Crippen LogP) is 25.5. The van der Waals surface area contributed by atoms with Crippen LogP contribution in [0.2, 0.25) is 0 Å². The van der Waals surface area contributed by atoms with E-state index in [0.717, 1.165) is 154 Å². The van der Waals surface area contributed by atoms with Gasteiger partial charge >= 0.3 is 6.18 Å². The molecule has 0 unspecified atom stereocenters. The van der Waals surface area contributed by atoms with Crippen LogP contribution in [0.25, 0.3) is 192 Å². The molecular weight excluding hydrogens is 1270 g/mol. The second-order valence-corrected chi connectivity index (χ2v) is 27.0. The molecule has 103 heavy (non-hydrogen) atoms. The molecule has 484 valence electrons. The fourth-order valence-corrected chi connectivity index (χ4v) is 17.2. The van der Waals surface area contributed by atoms with Gasteiger partial charge in [-0.2, -0.15) is 13.2 Å². The first kappa shape index (κ1) is 58.4. The number of fused-ring (bicyclic) bond motifs is 18. The van der Waals surface area contributed by atoms with Crippen LogP contribution < -0.4 is 0 Å². The molecule has 0 spiro atoms. The maximum atomic E-state index is 15.8. The molecule has 10 heteroatoms. The molecule has 0 aliphatic heterocycles. The molecule has 0 bridgehead atoms. The standard InChI is InChI=1S/C93H56F3N7/c1-56-38-44-62(76(50-56)93(94,95)96)57-39-45-90(102-86-46-40-58(98-78-29-11-3-20-63(78)64-21-4-12-30-79(64)98)52-71(86)72-53-59(41-47-87(72)102)99-80-31-13-5-22-65(80)66-23-6-14-32-81(66)99)75(51-57)92-77(97-2)28-19-37-91(92)103-88-48-42-60(100-82-33-15-7-24-67(82)68-25-8-16-34-83(68)100)54-73(88)74-55-61(43-49-89(74)103)101-84-35-17-9-26-69(84)70-27-10-18-36-85(70)101/h3-55H,1H3. The van der Waals surface area contributed by atoms with Crippen LogP contribution in [-0.4, -0.2) is 27.4 Å². The lowest BCUT2D eigenvalue weighted by Gasteiger charge is -2.22. The average Bonchev–Trinajstić information content (AvgIpc) is 1.59. The monoisotopic (exact) mass is 1330 g/mol. The molecule has 0 atom stereocenters. The van der Waals surface area contributed by atoms with E-state index in [2.05, 4.69) is 305 Å². The number of hydrogen-bond acceptors (Lipinski definition) is 0. The van der Waals surface area contributed by atoms with Crippen molar-refractivity contribution < 1.29 is 13.2 Å². The van der Waals surface area contributed by atoms with Gasteiger partial charge in [-0.05, 0) is 169 Å². The highest BCUT2D eigenvalue weighted by atomic mass is 19.4. The number of nitrogens with zero attached hydrogens (tertiary/aromatic N) is 7. The highest BCUT2D eigenvalue weighted by Gasteiger charge is 2.35. The van der Waals surface area contributed by atoms with Crippen molar-refractivity contribution in [3.8, 4) is 56.4 Å². The summed E-state index contributed by atoms with van der Waals surface area (Å²) >= 11 is 0. The Morgan fingerprint density at radius 1 is 0.262 bits per heavy atom. The van der Waals surface area contributed by atoms with Gasteiger partial charge in [-0.15, -0.1) is 0 Å². The van der Waals surface area contributed by atoms with Crippen LogP contribution >= 0.6 is 0 Å². The van der Waals surface area contributed by atoms with E-state index in [0.29, 0.717) is 39.3 Å². The highest BCUT2D eigenvalue weighted by molar-refractivity contribution is 6.18. The van der Waals surface area contributed by atoms with Gasteiger partial charge < -0.3 is 27.4 Å². The minimum atomic E-state index is -4.69. The summed E-state index contributed by atoms with van der Waals surface area (Å²) in [6.45, 7) is 11.0. The number of halogens is 3. The molecule has 0 aliphatic carbocycles. The van der Waals surface area contributed by atoms with Gasteiger partial charge in [0.15, 0.2) is 5.69 Å². The number of para-hydroxylation sites is 8. The van der Waals surface area contributed by atoms with E-state index < -0.39 is 11.7 Å². The third kappa shape index (κ3) is 8.51. The quantitative estimate of drug-likeness (QED) is 0.136. The zero-order chi connectivity index (χ0) is 68.5. The SMILES string of the molecule is [C-]#[N+]c1cccc(-n2c3ccc(-n4c5ccccc5c5ccccc54)cc3c3cc(-n4c5ccccc5c5ccccc54)ccc32)c1-c1cc(-c2ccc(C)cc2C(F)(F)F)ccc1-n1c2ccc(-n3c4ccccc4c4ccccc43)cc2c2cc(-n3c4ccccc4c4ccccc43)ccc21. The van der Waals surface area contributed by atoms with Gasteiger partial charge in [0.2, 0.25) is 0 Å². The normalized spacial score (nSPS) is 12.3. The summed E-state index contributed by atoms with van der Waals surface area (Å²) in [6, 6.07) is 111. The third-order valence-electron chi connectivity index (χ3n) is 21.5. The molecule has 0 radical (unpaired) electrons. The van der Waals surface area contributed by atoms with Gasteiger partial charge in [0.25, 0.3) is 0 Å². The topological polar surface area (TPSA) is 33.9 Å². The van der Waals surface area contributed by atoms with Crippen molar-refractivity contribution in [2.45, 2.75) is 13.1 Å². The molecule has 21 rings (SSSR count). The van der Waals surface area contributed by atoms with Gasteiger partial charge in [0, 0.05) is 98.6 Å². The first-order valence-electron chi connectivity index (χ1n) is 34.6. The number of hydrogen-bond donors (Lipinski definition) is 0. The molecule has 7 nitrogen and oxygen atoms in total. The van der Waals surface area contributed by atoms with Crippen molar-refractivity contribution in [2.24, 2.45) is 0 Å². The molecule has 0 saturated carbocycles. The maximum Gasteiger partial charge on any atom is 0.417 e. The fraction of sp³-hybridized carbons (Fsp3) is 0.0215. The molecular formula is C93H56F3N7. The summed E-state index contributed by atoms with van der Waals surface area (Å²) < 4.78 is 61.2. The van der Waals surface area contributed by atoms with E-state index >= 15 is 13.2 Å². The lowest BCUT2D eigenvalue weighted by molar-refractivity contribution is -0.137. The van der Waals surface area contributed by atoms with E-state index in [9.17, 15) is 6.57 Å². The molecule has 0 N–H and O–H groups in total. The van der Waals surface area contributed by atoms with E-state index in [-0.39, 0.29) is 5.56 Å². The minimum absolute atomic E-state index is 0.0358. The zero-order valence-electron chi connectivity index (χ0n) is 55.4. The van der Waals surface area contributed by atoms with Gasteiger partial charge in [-0.25, -0.2) is 4.85 Å². The van der Waals surface area contributed by atoms with Gasteiger partial charge in [-0.3, -0.25) is 0 Å². The Balaban J connectivity index is 0.869. The first-order valence-corrected chi connectivity index (χ1v) is 34.6. The Morgan fingerprint density at radius 3 is 0.893 bits per heavy atom. The van der Waals surface area contributed by atoms with Crippen LogP contribution in [0.3, 0.4) is 0 Å². The molecule has 0 aliphatic rings. The van der Waals surface area contributed by atoms with E-state index in [1.807, 2.05) is 30.3 Å². The largest absolute Gasteiger partial charge is 0.417 e. The number of alkyl halides is 3. The van der Waals surface area contributed by atoms with Gasteiger partial charge in [0.05, 0.1) is 84.0 Å². The van der Waals surface area contributed by atoms with Crippen molar-refractivity contribution >= 4 is 137 Å². The number of aromatic nitrogens is 6.